The van der Waals surface area contributed by atoms with Crippen LogP contribution in [0.4, 0.5) is 8.78 Å². The number of fused-ring (bicyclic) bond motifs is 1. The van der Waals surface area contributed by atoms with E-state index in [4.69, 9.17) is 4.74 Å². The molecule has 9 heteroatoms. The number of ether oxygens (including phenoxy) is 1. The van der Waals surface area contributed by atoms with E-state index >= 15 is 0 Å². The lowest BCUT2D eigenvalue weighted by Gasteiger charge is -2.14. The summed E-state index contributed by atoms with van der Waals surface area (Å²) in [5, 5.41) is 5.07. The summed E-state index contributed by atoms with van der Waals surface area (Å²) in [5.41, 5.74) is 0.444. The van der Waals surface area contributed by atoms with Crippen molar-refractivity contribution in [2.75, 3.05) is 0 Å². The van der Waals surface area contributed by atoms with E-state index in [1.54, 1.807) is 48.5 Å². The number of alkyl halides is 2. The van der Waals surface area contributed by atoms with Crippen LogP contribution >= 0.6 is 15.9 Å². The Morgan fingerprint density at radius 2 is 1.75 bits per heavy atom. The molecule has 0 radical (unpaired) electrons. The lowest BCUT2D eigenvalue weighted by molar-refractivity contribution is -0.0489. The van der Waals surface area contributed by atoms with Crippen molar-refractivity contribution >= 4 is 42.4 Å². The normalized spacial score (nSPS) is 12.4. The zero-order valence-corrected chi connectivity index (χ0v) is 17.0. The van der Waals surface area contributed by atoms with Gasteiger partial charge in [0, 0.05) is 15.4 Å². The molecule has 0 spiro atoms. The molecule has 5 nitrogen and oxygen atoms in total. The van der Waals surface area contributed by atoms with Crippen molar-refractivity contribution in [1.82, 2.24) is 4.83 Å². The molecule has 3 aromatic rings. The number of benzene rings is 3. The summed E-state index contributed by atoms with van der Waals surface area (Å²) in [7, 11) is -3.91. The highest BCUT2D eigenvalue weighted by Gasteiger charge is 2.17. The molecule has 0 aromatic heterocycles. The van der Waals surface area contributed by atoms with Crippen molar-refractivity contribution in [2.45, 2.75) is 18.4 Å². The molecule has 0 unspecified atom stereocenters. The molecular weight excluding hydrogens is 454 g/mol. The van der Waals surface area contributed by atoms with E-state index in [2.05, 4.69) is 25.9 Å². The fraction of sp³-hybridized carbons (Fsp3) is 0.105. The maximum atomic E-state index is 12.9. The quantitative estimate of drug-likeness (QED) is 0.412. The van der Waals surface area contributed by atoms with Gasteiger partial charge >= 0.3 is 6.61 Å². The highest BCUT2D eigenvalue weighted by Crippen LogP contribution is 2.31. The Hall–Kier alpha value is -2.52. The number of hydrogen-bond donors (Lipinski definition) is 1. The van der Waals surface area contributed by atoms with E-state index in [0.29, 0.717) is 10.8 Å². The fourth-order valence-electron chi connectivity index (χ4n) is 2.60. The molecular formula is C19H15BrF2N2O3S. The number of hydrazone groups is 1. The number of hydrogen-bond acceptors (Lipinski definition) is 4. The molecule has 146 valence electrons. The van der Waals surface area contributed by atoms with Crippen LogP contribution in [0.25, 0.3) is 10.8 Å². The van der Waals surface area contributed by atoms with Crippen LogP contribution in [-0.4, -0.2) is 20.7 Å². The Morgan fingerprint density at radius 1 is 1.07 bits per heavy atom. The summed E-state index contributed by atoms with van der Waals surface area (Å²) in [5.74, 6) is -0.0582. The summed E-state index contributed by atoms with van der Waals surface area (Å²) < 4.78 is 56.1. The molecule has 0 heterocycles. The van der Waals surface area contributed by atoms with Gasteiger partial charge in [-0.1, -0.05) is 46.3 Å². The third-order valence-corrected chi connectivity index (χ3v) is 5.69. The first-order chi connectivity index (χ1) is 13.3. The maximum Gasteiger partial charge on any atom is 0.387 e. The molecule has 0 saturated carbocycles. The molecule has 0 saturated heterocycles. The van der Waals surface area contributed by atoms with Gasteiger partial charge in [0.2, 0.25) is 0 Å². The summed E-state index contributed by atoms with van der Waals surface area (Å²) in [4.78, 5) is 2.15. The first-order valence-corrected chi connectivity index (χ1v) is 10.3. The average Bonchev–Trinajstić information content (AvgIpc) is 2.66. The smallest absolute Gasteiger partial charge is 0.387 e. The van der Waals surface area contributed by atoms with Crippen LogP contribution in [0.15, 0.2) is 75.1 Å². The second kappa shape index (κ2) is 8.24. The third-order valence-electron chi connectivity index (χ3n) is 3.93. The second-order valence-corrected chi connectivity index (χ2v) is 8.36. The Morgan fingerprint density at radius 3 is 2.43 bits per heavy atom. The van der Waals surface area contributed by atoms with Crippen LogP contribution in [-0.2, 0) is 10.0 Å². The lowest BCUT2D eigenvalue weighted by Crippen LogP contribution is -2.20. The number of halogens is 3. The van der Waals surface area contributed by atoms with E-state index in [-0.39, 0.29) is 21.9 Å². The molecule has 0 fully saturated rings. The SMILES string of the molecule is C/C(=N\NS(=O)(=O)c1ccc(Br)cc1)c1ccc2ccccc2c1OC(F)F. The second-order valence-electron chi connectivity index (χ2n) is 5.79. The van der Waals surface area contributed by atoms with Gasteiger partial charge in [-0.3, -0.25) is 0 Å². The van der Waals surface area contributed by atoms with Gasteiger partial charge in [0.1, 0.15) is 5.75 Å². The zero-order chi connectivity index (χ0) is 20.3. The number of nitrogens with one attached hydrogen (secondary N) is 1. The monoisotopic (exact) mass is 468 g/mol. The zero-order valence-electron chi connectivity index (χ0n) is 14.6. The van der Waals surface area contributed by atoms with Crippen molar-refractivity contribution < 1.29 is 21.9 Å². The van der Waals surface area contributed by atoms with Gasteiger partial charge in [0.25, 0.3) is 10.0 Å². The van der Waals surface area contributed by atoms with Gasteiger partial charge in [0.15, 0.2) is 0 Å². The summed E-state index contributed by atoms with van der Waals surface area (Å²) in [6.07, 6.45) is 0. The van der Waals surface area contributed by atoms with Crippen LogP contribution in [0, 0.1) is 0 Å². The van der Waals surface area contributed by atoms with Gasteiger partial charge in [-0.15, -0.1) is 0 Å². The van der Waals surface area contributed by atoms with Gasteiger partial charge in [0.05, 0.1) is 10.6 Å². The van der Waals surface area contributed by atoms with Crippen LogP contribution in [0.2, 0.25) is 0 Å². The molecule has 1 N–H and O–H groups in total. The van der Waals surface area contributed by atoms with Gasteiger partial charge < -0.3 is 4.74 Å². The van der Waals surface area contributed by atoms with Crippen molar-refractivity contribution in [3.05, 3.63) is 70.7 Å². The maximum absolute atomic E-state index is 12.9. The Kier molecular flexibility index (Phi) is 5.95. The van der Waals surface area contributed by atoms with Crippen molar-refractivity contribution in [3.63, 3.8) is 0 Å². The predicted octanol–water partition coefficient (Wildman–Crippen LogP) is 4.91. The number of rotatable bonds is 6. The van der Waals surface area contributed by atoms with E-state index in [1.165, 1.54) is 19.1 Å². The first kappa shape index (κ1) is 20.2. The first-order valence-electron chi connectivity index (χ1n) is 8.06. The molecule has 0 amide bonds. The minimum absolute atomic E-state index is 0.0230. The number of sulfonamides is 1. The molecule has 3 rings (SSSR count). The molecule has 0 bridgehead atoms. The van der Waals surface area contributed by atoms with Gasteiger partial charge in [-0.2, -0.15) is 27.1 Å². The standard InChI is InChI=1S/C19H15BrF2N2O3S/c1-12(23-24-28(25,26)15-9-7-14(20)8-10-15)16-11-6-13-4-2-3-5-17(13)18(16)27-19(21)22/h2-11,19,24H,1H3/b23-12+. The highest BCUT2D eigenvalue weighted by atomic mass is 79.9. The van der Waals surface area contributed by atoms with Crippen molar-refractivity contribution in [2.24, 2.45) is 5.10 Å². The molecule has 0 aliphatic rings. The average molecular weight is 469 g/mol. The Balaban J connectivity index is 1.98. The minimum Gasteiger partial charge on any atom is -0.433 e. The van der Waals surface area contributed by atoms with Crippen LogP contribution in [0.3, 0.4) is 0 Å². The van der Waals surface area contributed by atoms with E-state index in [9.17, 15) is 17.2 Å². The van der Waals surface area contributed by atoms with Gasteiger partial charge in [-0.05, 0) is 42.6 Å². The number of nitrogens with zero attached hydrogens (tertiary/aromatic N) is 1. The van der Waals surface area contributed by atoms with Gasteiger partial charge in [-0.25, -0.2) is 0 Å². The van der Waals surface area contributed by atoms with Crippen molar-refractivity contribution in [1.29, 1.82) is 0 Å². The summed E-state index contributed by atoms with van der Waals surface area (Å²) >= 11 is 3.23. The summed E-state index contributed by atoms with van der Waals surface area (Å²) in [6, 6.07) is 16.2. The minimum atomic E-state index is -3.91. The van der Waals surface area contributed by atoms with Crippen LogP contribution < -0.4 is 9.57 Å². The lowest BCUT2D eigenvalue weighted by atomic mass is 10.0. The Labute approximate surface area is 169 Å². The third kappa shape index (κ3) is 4.48. The summed E-state index contributed by atoms with van der Waals surface area (Å²) in [6.45, 7) is -1.52. The molecule has 3 aromatic carbocycles. The highest BCUT2D eigenvalue weighted by molar-refractivity contribution is 9.10. The van der Waals surface area contributed by atoms with E-state index in [1.807, 2.05) is 0 Å². The van der Waals surface area contributed by atoms with E-state index in [0.717, 1.165) is 4.47 Å². The van der Waals surface area contributed by atoms with Crippen LogP contribution in [0.5, 0.6) is 5.75 Å². The fourth-order valence-corrected chi connectivity index (χ4v) is 3.72. The molecule has 0 aliphatic heterocycles. The topological polar surface area (TPSA) is 67.8 Å². The molecule has 0 atom stereocenters. The van der Waals surface area contributed by atoms with E-state index < -0.39 is 16.6 Å². The molecule has 0 aliphatic carbocycles. The largest absolute Gasteiger partial charge is 0.433 e. The van der Waals surface area contributed by atoms with Crippen molar-refractivity contribution in [3.8, 4) is 5.75 Å². The van der Waals surface area contributed by atoms with Crippen LogP contribution in [0.1, 0.15) is 12.5 Å². The molecule has 28 heavy (non-hydrogen) atoms. The predicted molar refractivity (Wildman–Crippen MR) is 107 cm³/mol. The Bertz CT molecular complexity index is 1130.